The van der Waals surface area contributed by atoms with Gasteiger partial charge in [0.2, 0.25) is 0 Å². The fourth-order valence-electron chi connectivity index (χ4n) is 3.31. The summed E-state index contributed by atoms with van der Waals surface area (Å²) in [6.07, 6.45) is 6.53. The molecule has 1 N–H and O–H groups in total. The predicted molar refractivity (Wildman–Crippen MR) is 119 cm³/mol. The molecular weight excluding hydrogens is 396 g/mol. The monoisotopic (exact) mass is 420 g/mol. The summed E-state index contributed by atoms with van der Waals surface area (Å²) < 4.78 is 4.00. The topological polar surface area (TPSA) is 81.7 Å². The Bertz CT molecular complexity index is 1170. The van der Waals surface area contributed by atoms with E-state index in [2.05, 4.69) is 52.7 Å². The summed E-state index contributed by atoms with van der Waals surface area (Å²) in [7, 11) is 0. The molecule has 1 aromatic carbocycles. The number of thioether (sulfide) groups is 1. The normalized spacial score (nSPS) is 12.4. The Morgan fingerprint density at radius 3 is 2.70 bits per heavy atom. The SMILES string of the molecule is C=CCn1c(SCC(O)Cn2cnc3cc(C)c(C)cc32)nnc1-c1ccncc1. The zero-order valence-electron chi connectivity index (χ0n) is 17.1. The van der Waals surface area contributed by atoms with Crippen LogP contribution in [-0.2, 0) is 13.1 Å². The van der Waals surface area contributed by atoms with Gasteiger partial charge in [-0.1, -0.05) is 17.8 Å². The predicted octanol–water partition coefficient (Wildman–Crippen LogP) is 3.65. The van der Waals surface area contributed by atoms with Crippen molar-refractivity contribution >= 4 is 22.8 Å². The van der Waals surface area contributed by atoms with Crippen LogP contribution in [0.5, 0.6) is 0 Å². The van der Waals surface area contributed by atoms with Gasteiger partial charge in [-0.25, -0.2) is 4.98 Å². The quantitative estimate of drug-likeness (QED) is 0.346. The highest BCUT2D eigenvalue weighted by atomic mass is 32.2. The summed E-state index contributed by atoms with van der Waals surface area (Å²) in [5, 5.41) is 20.1. The number of pyridine rings is 1. The summed E-state index contributed by atoms with van der Waals surface area (Å²) in [6.45, 7) is 9.07. The number of nitrogens with zero attached hydrogens (tertiary/aromatic N) is 6. The van der Waals surface area contributed by atoms with Crippen molar-refractivity contribution < 1.29 is 5.11 Å². The Morgan fingerprint density at radius 1 is 1.17 bits per heavy atom. The van der Waals surface area contributed by atoms with Crippen molar-refractivity contribution in [2.75, 3.05) is 5.75 Å². The van der Waals surface area contributed by atoms with E-state index in [1.165, 1.54) is 22.9 Å². The fourth-order valence-corrected chi connectivity index (χ4v) is 4.18. The third-order valence-electron chi connectivity index (χ3n) is 5.02. The van der Waals surface area contributed by atoms with Gasteiger partial charge in [-0.15, -0.1) is 16.8 Å². The number of rotatable bonds is 8. The molecule has 0 bridgehead atoms. The second-order valence-corrected chi connectivity index (χ2v) is 8.22. The second-order valence-electron chi connectivity index (χ2n) is 7.23. The molecule has 0 aliphatic rings. The van der Waals surface area contributed by atoms with E-state index >= 15 is 0 Å². The smallest absolute Gasteiger partial charge is 0.191 e. The van der Waals surface area contributed by atoms with Crippen molar-refractivity contribution in [1.29, 1.82) is 0 Å². The average Bonchev–Trinajstić information content (AvgIpc) is 3.32. The summed E-state index contributed by atoms with van der Waals surface area (Å²) in [5.41, 5.74) is 5.37. The lowest BCUT2D eigenvalue weighted by atomic mass is 10.1. The van der Waals surface area contributed by atoms with Crippen LogP contribution in [0, 0.1) is 13.8 Å². The third-order valence-corrected chi connectivity index (χ3v) is 6.13. The van der Waals surface area contributed by atoms with Crippen LogP contribution in [-0.4, -0.2) is 46.3 Å². The molecule has 3 heterocycles. The van der Waals surface area contributed by atoms with E-state index in [0.717, 1.165) is 27.6 Å². The molecular formula is C22H24N6OS. The van der Waals surface area contributed by atoms with E-state index in [0.29, 0.717) is 18.8 Å². The lowest BCUT2D eigenvalue weighted by Crippen LogP contribution is -2.18. The van der Waals surface area contributed by atoms with Gasteiger partial charge in [-0.05, 0) is 49.2 Å². The van der Waals surface area contributed by atoms with Gasteiger partial charge in [0.05, 0.1) is 30.0 Å². The molecule has 0 spiro atoms. The van der Waals surface area contributed by atoms with E-state index in [1.807, 2.05) is 27.3 Å². The highest BCUT2D eigenvalue weighted by molar-refractivity contribution is 7.99. The third kappa shape index (κ3) is 4.15. The maximum Gasteiger partial charge on any atom is 0.191 e. The number of benzene rings is 1. The molecule has 0 saturated carbocycles. The molecule has 4 aromatic rings. The van der Waals surface area contributed by atoms with Crippen LogP contribution in [0.15, 0.2) is 60.8 Å². The molecule has 0 aliphatic heterocycles. The highest BCUT2D eigenvalue weighted by Crippen LogP contribution is 2.25. The lowest BCUT2D eigenvalue weighted by molar-refractivity contribution is 0.179. The number of fused-ring (bicyclic) bond motifs is 1. The minimum absolute atomic E-state index is 0.471. The fraction of sp³-hybridized carbons (Fsp3) is 0.273. The average molecular weight is 421 g/mol. The highest BCUT2D eigenvalue weighted by Gasteiger charge is 2.16. The van der Waals surface area contributed by atoms with Gasteiger partial charge < -0.3 is 9.67 Å². The number of hydrogen-bond donors (Lipinski definition) is 1. The molecule has 30 heavy (non-hydrogen) atoms. The molecule has 0 amide bonds. The minimum atomic E-state index is -0.549. The van der Waals surface area contributed by atoms with E-state index in [4.69, 9.17) is 0 Å². The standard InChI is InChI=1S/C22H24N6OS/c1-4-9-28-21(17-5-7-23-8-6-17)25-26-22(28)30-13-18(29)12-27-14-24-19-10-15(2)16(3)11-20(19)27/h4-8,10-11,14,18,29H,1,9,12-13H2,2-3H3. The summed E-state index contributed by atoms with van der Waals surface area (Å²) in [4.78, 5) is 8.53. The largest absolute Gasteiger partial charge is 0.390 e. The number of aromatic nitrogens is 6. The van der Waals surface area contributed by atoms with E-state index < -0.39 is 6.10 Å². The van der Waals surface area contributed by atoms with Gasteiger partial charge in [0.1, 0.15) is 0 Å². The van der Waals surface area contributed by atoms with Crippen LogP contribution in [0.1, 0.15) is 11.1 Å². The molecule has 4 rings (SSSR count). The van der Waals surface area contributed by atoms with Crippen molar-refractivity contribution in [2.45, 2.75) is 38.2 Å². The first kappa shape index (κ1) is 20.3. The first-order valence-electron chi connectivity index (χ1n) is 9.74. The molecule has 1 atom stereocenters. The van der Waals surface area contributed by atoms with Crippen LogP contribution in [0.2, 0.25) is 0 Å². The lowest BCUT2D eigenvalue weighted by Gasteiger charge is -2.13. The Labute approximate surface area is 179 Å². The number of hydrogen-bond acceptors (Lipinski definition) is 6. The van der Waals surface area contributed by atoms with Crippen molar-refractivity contribution in [1.82, 2.24) is 29.3 Å². The van der Waals surface area contributed by atoms with Crippen LogP contribution in [0.4, 0.5) is 0 Å². The number of allylic oxidation sites excluding steroid dienone is 1. The number of imidazole rings is 1. The summed E-state index contributed by atoms with van der Waals surface area (Å²) in [5.74, 6) is 1.26. The number of aryl methyl sites for hydroxylation is 2. The molecule has 154 valence electrons. The van der Waals surface area contributed by atoms with Crippen LogP contribution < -0.4 is 0 Å². The zero-order chi connectivity index (χ0) is 21.1. The Balaban J connectivity index is 1.48. The zero-order valence-corrected chi connectivity index (χ0v) is 17.9. The summed E-state index contributed by atoms with van der Waals surface area (Å²) >= 11 is 1.49. The number of aliphatic hydroxyl groups excluding tert-OH is 1. The van der Waals surface area contributed by atoms with Gasteiger partial charge >= 0.3 is 0 Å². The van der Waals surface area contributed by atoms with Crippen molar-refractivity contribution in [3.05, 3.63) is 66.8 Å². The second kappa shape index (κ2) is 8.81. The maximum absolute atomic E-state index is 10.7. The molecule has 7 nitrogen and oxygen atoms in total. The van der Waals surface area contributed by atoms with Gasteiger partial charge in [0, 0.05) is 30.3 Å². The van der Waals surface area contributed by atoms with Crippen molar-refractivity contribution in [2.24, 2.45) is 0 Å². The molecule has 0 fully saturated rings. The Hall–Kier alpha value is -2.97. The molecule has 0 saturated heterocycles. The first-order chi connectivity index (χ1) is 14.6. The molecule has 0 radical (unpaired) electrons. The maximum atomic E-state index is 10.7. The Kier molecular flexibility index (Phi) is 5.96. The Morgan fingerprint density at radius 2 is 1.93 bits per heavy atom. The number of aliphatic hydroxyl groups is 1. The van der Waals surface area contributed by atoms with Crippen molar-refractivity contribution in [3.8, 4) is 11.4 Å². The minimum Gasteiger partial charge on any atom is -0.390 e. The molecule has 3 aromatic heterocycles. The van der Waals surface area contributed by atoms with Gasteiger partial charge in [-0.2, -0.15) is 0 Å². The van der Waals surface area contributed by atoms with Crippen LogP contribution in [0.25, 0.3) is 22.4 Å². The van der Waals surface area contributed by atoms with E-state index in [9.17, 15) is 5.11 Å². The van der Waals surface area contributed by atoms with Crippen molar-refractivity contribution in [3.63, 3.8) is 0 Å². The van der Waals surface area contributed by atoms with Gasteiger partial charge in [0.25, 0.3) is 0 Å². The molecule has 8 heteroatoms. The van der Waals surface area contributed by atoms with E-state index in [1.54, 1.807) is 18.7 Å². The van der Waals surface area contributed by atoms with Gasteiger partial charge in [-0.3, -0.25) is 9.55 Å². The summed E-state index contributed by atoms with van der Waals surface area (Å²) in [6, 6.07) is 8.02. The van der Waals surface area contributed by atoms with Gasteiger partial charge in [0.15, 0.2) is 11.0 Å². The molecule has 1 unspecified atom stereocenters. The van der Waals surface area contributed by atoms with E-state index in [-0.39, 0.29) is 0 Å². The van der Waals surface area contributed by atoms with Crippen LogP contribution in [0.3, 0.4) is 0 Å². The van der Waals surface area contributed by atoms with Crippen LogP contribution >= 0.6 is 11.8 Å². The first-order valence-corrected chi connectivity index (χ1v) is 10.7. The molecule has 0 aliphatic carbocycles.